The highest BCUT2D eigenvalue weighted by molar-refractivity contribution is 7.22. The van der Waals surface area contributed by atoms with Crippen LogP contribution in [0.3, 0.4) is 0 Å². The first-order valence-corrected chi connectivity index (χ1v) is 16.0. The van der Waals surface area contributed by atoms with Crippen molar-refractivity contribution in [1.29, 1.82) is 0 Å². The Morgan fingerprint density at radius 1 is 0.950 bits per heavy atom. The zero-order valence-electron chi connectivity index (χ0n) is 23.7. The van der Waals surface area contributed by atoms with Gasteiger partial charge < -0.3 is 4.90 Å². The number of thiazole rings is 1. The summed E-state index contributed by atoms with van der Waals surface area (Å²) in [6, 6.07) is 19.7. The fourth-order valence-electron chi connectivity index (χ4n) is 6.33. The lowest BCUT2D eigenvalue weighted by atomic mass is 9.93. The highest BCUT2D eigenvalue weighted by Crippen LogP contribution is 2.37. The Morgan fingerprint density at radius 3 is 2.50 bits per heavy atom. The first-order valence-electron chi connectivity index (χ1n) is 15.2. The molecular weight excluding hydrogens is 514 g/mol. The van der Waals surface area contributed by atoms with Crippen molar-refractivity contribution in [2.75, 3.05) is 31.1 Å². The van der Waals surface area contributed by atoms with E-state index in [9.17, 15) is 0 Å². The summed E-state index contributed by atoms with van der Waals surface area (Å²) >= 11 is 1.80. The number of para-hydroxylation sites is 1. The van der Waals surface area contributed by atoms with Crippen molar-refractivity contribution < 1.29 is 0 Å². The van der Waals surface area contributed by atoms with Crippen LogP contribution in [0.5, 0.6) is 0 Å². The second-order valence-electron chi connectivity index (χ2n) is 11.3. The number of unbranched alkanes of at least 4 members (excludes halogenated alkanes) is 2. The van der Waals surface area contributed by atoms with E-state index >= 15 is 0 Å². The summed E-state index contributed by atoms with van der Waals surface area (Å²) in [7, 11) is 0. The fourth-order valence-corrected chi connectivity index (χ4v) is 7.34. The van der Waals surface area contributed by atoms with E-state index in [1.165, 1.54) is 67.2 Å². The molecule has 1 aliphatic heterocycles. The van der Waals surface area contributed by atoms with Crippen LogP contribution in [-0.2, 0) is 0 Å². The standard InChI is InChI=1S/C32H41N7S/c1-2-3-6-15-26(24-25-13-7-4-8-14-25)30(31-34-35-36-39(31)27-16-9-5-10-17-27)37-20-22-38(23-21-37)32-33-28-18-11-12-19-29(28)40-32/h4,7-8,11-14,18-19,24,27,30H,2-3,5-6,9-10,15-17,20-23H2,1H3/b26-24+/t30-/m1/s1. The fraction of sp³-hybridized carbons (Fsp3) is 0.500. The van der Waals surface area contributed by atoms with Gasteiger partial charge in [0.15, 0.2) is 11.0 Å². The molecule has 0 radical (unpaired) electrons. The van der Waals surface area contributed by atoms with Gasteiger partial charge in [0.2, 0.25) is 0 Å². The van der Waals surface area contributed by atoms with Gasteiger partial charge in [-0.15, -0.1) is 5.10 Å². The van der Waals surface area contributed by atoms with E-state index in [1.54, 1.807) is 11.3 Å². The number of fused-ring (bicyclic) bond motifs is 1. The lowest BCUT2D eigenvalue weighted by molar-refractivity contribution is 0.188. The van der Waals surface area contributed by atoms with E-state index in [1.807, 2.05) is 0 Å². The highest BCUT2D eigenvalue weighted by atomic mass is 32.1. The minimum atomic E-state index is 0.0755. The Hall–Kier alpha value is -3.10. The molecule has 40 heavy (non-hydrogen) atoms. The molecule has 210 valence electrons. The molecular formula is C32H41N7S. The van der Waals surface area contributed by atoms with Crippen LogP contribution in [0, 0.1) is 0 Å². The quantitative estimate of drug-likeness (QED) is 0.191. The zero-order valence-corrected chi connectivity index (χ0v) is 24.5. The lowest BCUT2D eigenvalue weighted by Crippen LogP contribution is -2.48. The third kappa shape index (κ3) is 6.13. The second-order valence-corrected chi connectivity index (χ2v) is 12.3. The van der Waals surface area contributed by atoms with Crippen molar-refractivity contribution in [3.63, 3.8) is 0 Å². The number of rotatable bonds is 10. The minimum Gasteiger partial charge on any atom is -0.345 e. The summed E-state index contributed by atoms with van der Waals surface area (Å²) in [4.78, 5) is 10.0. The van der Waals surface area contributed by atoms with Gasteiger partial charge in [-0.1, -0.05) is 98.9 Å². The Balaban J connectivity index is 1.32. The largest absolute Gasteiger partial charge is 0.345 e. The number of anilines is 1. The topological polar surface area (TPSA) is 63.0 Å². The Kier molecular flexibility index (Phi) is 8.83. The monoisotopic (exact) mass is 555 g/mol. The van der Waals surface area contributed by atoms with E-state index in [-0.39, 0.29) is 6.04 Å². The van der Waals surface area contributed by atoms with Gasteiger partial charge in [-0.3, -0.25) is 4.90 Å². The van der Waals surface area contributed by atoms with Gasteiger partial charge in [0.05, 0.1) is 22.3 Å². The van der Waals surface area contributed by atoms with E-state index in [0.717, 1.165) is 49.1 Å². The van der Waals surface area contributed by atoms with Crippen molar-refractivity contribution >= 4 is 32.8 Å². The number of tetrazole rings is 1. The molecule has 0 N–H and O–H groups in total. The average molecular weight is 556 g/mol. The summed E-state index contributed by atoms with van der Waals surface area (Å²) in [5, 5.41) is 14.8. The molecule has 1 aliphatic carbocycles. The number of hydrogen-bond acceptors (Lipinski definition) is 7. The van der Waals surface area contributed by atoms with Crippen LogP contribution in [0.4, 0.5) is 5.13 Å². The molecule has 0 unspecified atom stereocenters. The predicted molar refractivity (Wildman–Crippen MR) is 165 cm³/mol. The van der Waals surface area contributed by atoms with Crippen LogP contribution in [0.2, 0.25) is 0 Å². The number of nitrogens with zero attached hydrogens (tertiary/aromatic N) is 7. The van der Waals surface area contributed by atoms with Crippen molar-refractivity contribution in [1.82, 2.24) is 30.1 Å². The molecule has 4 aromatic rings. The number of aromatic nitrogens is 5. The predicted octanol–water partition coefficient (Wildman–Crippen LogP) is 7.32. The van der Waals surface area contributed by atoms with Crippen molar-refractivity contribution in [2.45, 2.75) is 76.8 Å². The summed E-state index contributed by atoms with van der Waals surface area (Å²) in [5.41, 5.74) is 3.78. The van der Waals surface area contributed by atoms with Gasteiger partial charge in [-0.25, -0.2) is 9.67 Å². The van der Waals surface area contributed by atoms with Gasteiger partial charge in [0.25, 0.3) is 0 Å². The molecule has 2 aromatic heterocycles. The Morgan fingerprint density at radius 2 is 1.73 bits per heavy atom. The molecule has 2 aromatic carbocycles. The lowest BCUT2D eigenvalue weighted by Gasteiger charge is -2.40. The minimum absolute atomic E-state index is 0.0755. The molecule has 0 amide bonds. The van der Waals surface area contributed by atoms with Gasteiger partial charge in [0.1, 0.15) is 0 Å². The molecule has 1 atom stereocenters. The normalized spacial score (nSPS) is 18.4. The second kappa shape index (κ2) is 13.0. The molecule has 0 bridgehead atoms. The van der Waals surface area contributed by atoms with E-state index in [0.29, 0.717) is 6.04 Å². The zero-order chi connectivity index (χ0) is 27.1. The first kappa shape index (κ1) is 27.1. The van der Waals surface area contributed by atoms with Crippen molar-refractivity contribution in [3.8, 4) is 0 Å². The smallest absolute Gasteiger partial charge is 0.186 e. The molecule has 6 rings (SSSR count). The molecule has 3 heterocycles. The van der Waals surface area contributed by atoms with Crippen LogP contribution < -0.4 is 4.90 Å². The van der Waals surface area contributed by atoms with Gasteiger partial charge in [0, 0.05) is 26.2 Å². The van der Waals surface area contributed by atoms with E-state index in [4.69, 9.17) is 10.1 Å². The van der Waals surface area contributed by atoms with Gasteiger partial charge >= 0.3 is 0 Å². The van der Waals surface area contributed by atoms with Crippen LogP contribution in [-0.4, -0.2) is 56.3 Å². The van der Waals surface area contributed by atoms with Gasteiger partial charge in [-0.05, 0) is 59.4 Å². The molecule has 8 heteroatoms. The maximum Gasteiger partial charge on any atom is 0.186 e. The summed E-state index contributed by atoms with van der Waals surface area (Å²) in [6.07, 6.45) is 13.3. The third-order valence-electron chi connectivity index (χ3n) is 8.49. The highest BCUT2D eigenvalue weighted by Gasteiger charge is 2.34. The van der Waals surface area contributed by atoms with Crippen molar-refractivity contribution in [2.24, 2.45) is 0 Å². The van der Waals surface area contributed by atoms with E-state index < -0.39 is 0 Å². The van der Waals surface area contributed by atoms with Crippen LogP contribution in [0.15, 0.2) is 60.2 Å². The van der Waals surface area contributed by atoms with Crippen molar-refractivity contribution in [3.05, 3.63) is 71.6 Å². The number of benzene rings is 2. The number of piperazine rings is 1. The maximum absolute atomic E-state index is 4.95. The van der Waals surface area contributed by atoms with Crippen LogP contribution in [0.1, 0.15) is 88.2 Å². The molecule has 2 fully saturated rings. The van der Waals surface area contributed by atoms with Crippen LogP contribution in [0.25, 0.3) is 16.3 Å². The third-order valence-corrected chi connectivity index (χ3v) is 9.58. The average Bonchev–Trinajstić information content (AvgIpc) is 3.67. The number of hydrogen-bond donors (Lipinski definition) is 0. The van der Waals surface area contributed by atoms with Gasteiger partial charge in [-0.2, -0.15) is 0 Å². The summed E-state index contributed by atoms with van der Waals surface area (Å²) in [6.45, 7) is 6.10. The SMILES string of the molecule is CCCCC/C(=C\c1ccccc1)[C@H](c1nnnn1C1CCCCC1)N1CCN(c2nc3ccccc3s2)CC1. The molecule has 1 saturated heterocycles. The van der Waals surface area contributed by atoms with E-state index in [2.05, 4.69) is 92.5 Å². The summed E-state index contributed by atoms with van der Waals surface area (Å²) in [5.74, 6) is 1.03. The molecule has 0 spiro atoms. The molecule has 7 nitrogen and oxygen atoms in total. The molecule has 1 saturated carbocycles. The van der Waals surface area contributed by atoms with Crippen LogP contribution >= 0.6 is 11.3 Å². The first-order chi connectivity index (χ1) is 19.8. The Bertz CT molecular complexity index is 1350. The maximum atomic E-state index is 4.95. The summed E-state index contributed by atoms with van der Waals surface area (Å²) < 4.78 is 3.45. The molecule has 2 aliphatic rings. The Labute approximate surface area is 241 Å².